The van der Waals surface area contributed by atoms with Crippen LogP contribution in [0.4, 0.5) is 10.1 Å². The molecule has 1 aliphatic heterocycles. The molecule has 0 spiro atoms. The predicted molar refractivity (Wildman–Crippen MR) is 78.0 cm³/mol. The Morgan fingerprint density at radius 3 is 2.95 bits per heavy atom. The first-order valence-corrected chi connectivity index (χ1v) is 7.58. The summed E-state index contributed by atoms with van der Waals surface area (Å²) in [5.41, 5.74) is 6.49. The lowest BCUT2D eigenvalue weighted by molar-refractivity contribution is -0.0613. The zero-order chi connectivity index (χ0) is 14.2. The molecule has 1 aliphatic carbocycles. The fraction of sp³-hybridized carbons (Fsp3) is 0.625. The van der Waals surface area contributed by atoms with Crippen molar-refractivity contribution in [3.05, 3.63) is 29.6 Å². The van der Waals surface area contributed by atoms with Crippen LogP contribution in [0.25, 0.3) is 0 Å². The van der Waals surface area contributed by atoms with E-state index in [-0.39, 0.29) is 11.7 Å². The van der Waals surface area contributed by atoms with E-state index in [0.29, 0.717) is 12.2 Å². The molecule has 110 valence electrons. The number of nitrogens with zero attached hydrogens (tertiary/aromatic N) is 1. The van der Waals surface area contributed by atoms with Gasteiger partial charge in [-0.2, -0.15) is 0 Å². The number of benzene rings is 1. The second-order valence-electron chi connectivity index (χ2n) is 6.23. The van der Waals surface area contributed by atoms with E-state index in [2.05, 4.69) is 4.90 Å². The fourth-order valence-corrected chi connectivity index (χ4v) is 3.72. The van der Waals surface area contributed by atoms with Crippen LogP contribution in [0, 0.1) is 11.7 Å². The molecule has 1 aromatic carbocycles. The van der Waals surface area contributed by atoms with E-state index in [0.717, 1.165) is 44.3 Å². The highest BCUT2D eigenvalue weighted by molar-refractivity contribution is 5.50. The van der Waals surface area contributed by atoms with Crippen molar-refractivity contribution in [1.82, 2.24) is 0 Å². The lowest BCUT2D eigenvalue weighted by Gasteiger charge is -2.48. The van der Waals surface area contributed by atoms with Crippen LogP contribution in [0.15, 0.2) is 18.2 Å². The second kappa shape index (κ2) is 5.34. The Hall–Kier alpha value is -1.13. The van der Waals surface area contributed by atoms with Gasteiger partial charge < -0.3 is 15.7 Å². The van der Waals surface area contributed by atoms with Gasteiger partial charge in [0.25, 0.3) is 0 Å². The number of nitrogens with two attached hydrogens (primary N) is 1. The van der Waals surface area contributed by atoms with Crippen molar-refractivity contribution in [1.29, 1.82) is 0 Å². The Kier molecular flexibility index (Phi) is 3.69. The first-order valence-electron chi connectivity index (χ1n) is 7.58. The van der Waals surface area contributed by atoms with Crippen molar-refractivity contribution in [2.75, 3.05) is 18.0 Å². The highest BCUT2D eigenvalue weighted by Gasteiger charge is 2.43. The number of hydrogen-bond acceptors (Lipinski definition) is 3. The van der Waals surface area contributed by atoms with Crippen molar-refractivity contribution in [2.45, 2.75) is 44.2 Å². The van der Waals surface area contributed by atoms with Crippen LogP contribution in [-0.2, 0) is 6.54 Å². The Labute approximate surface area is 119 Å². The quantitative estimate of drug-likeness (QED) is 0.873. The van der Waals surface area contributed by atoms with E-state index in [1.165, 1.54) is 12.5 Å². The summed E-state index contributed by atoms with van der Waals surface area (Å²) in [6.45, 7) is 1.85. The zero-order valence-corrected chi connectivity index (χ0v) is 11.8. The summed E-state index contributed by atoms with van der Waals surface area (Å²) in [5, 5.41) is 10.7. The van der Waals surface area contributed by atoms with Gasteiger partial charge in [-0.15, -0.1) is 0 Å². The number of halogens is 1. The average molecular weight is 278 g/mol. The molecule has 4 heteroatoms. The number of rotatable bonds is 2. The number of hydrogen-bond donors (Lipinski definition) is 2. The molecule has 1 saturated heterocycles. The molecule has 0 bridgehead atoms. The summed E-state index contributed by atoms with van der Waals surface area (Å²) >= 11 is 0. The molecule has 3 nitrogen and oxygen atoms in total. The SMILES string of the molecule is NCc1ccc(N2CCC3(O)CCCCC3C2)c(F)c1. The monoisotopic (exact) mass is 278 g/mol. The first kappa shape index (κ1) is 13.8. The molecule has 1 aromatic rings. The summed E-state index contributed by atoms with van der Waals surface area (Å²) < 4.78 is 14.2. The predicted octanol–water partition coefficient (Wildman–Crippen LogP) is 2.42. The van der Waals surface area contributed by atoms with Gasteiger partial charge in [0.2, 0.25) is 0 Å². The number of anilines is 1. The molecule has 2 unspecified atom stereocenters. The minimum Gasteiger partial charge on any atom is -0.389 e. The van der Waals surface area contributed by atoms with E-state index in [4.69, 9.17) is 5.73 Å². The third-order valence-electron chi connectivity index (χ3n) is 5.02. The summed E-state index contributed by atoms with van der Waals surface area (Å²) in [5.74, 6) is 0.0767. The molecule has 2 aliphatic rings. The van der Waals surface area contributed by atoms with Crippen molar-refractivity contribution < 1.29 is 9.50 Å². The van der Waals surface area contributed by atoms with Gasteiger partial charge >= 0.3 is 0 Å². The molecule has 0 radical (unpaired) electrons. The molecule has 1 heterocycles. The lowest BCUT2D eigenvalue weighted by Crippen LogP contribution is -2.53. The molecule has 1 saturated carbocycles. The van der Waals surface area contributed by atoms with E-state index in [1.54, 1.807) is 0 Å². The van der Waals surface area contributed by atoms with Crippen LogP contribution in [0.1, 0.15) is 37.7 Å². The molecular formula is C16H23FN2O. The minimum absolute atomic E-state index is 0.200. The van der Waals surface area contributed by atoms with Crippen molar-refractivity contribution in [3.8, 4) is 0 Å². The van der Waals surface area contributed by atoms with Gasteiger partial charge in [0.1, 0.15) is 5.82 Å². The van der Waals surface area contributed by atoms with Gasteiger partial charge in [-0.1, -0.05) is 18.9 Å². The summed E-state index contributed by atoms with van der Waals surface area (Å²) in [6.07, 6.45) is 4.99. The Morgan fingerprint density at radius 1 is 1.35 bits per heavy atom. The van der Waals surface area contributed by atoms with Crippen LogP contribution >= 0.6 is 0 Å². The third kappa shape index (κ3) is 2.42. The highest BCUT2D eigenvalue weighted by atomic mass is 19.1. The first-order chi connectivity index (χ1) is 9.62. The van der Waals surface area contributed by atoms with Crippen LogP contribution in [0.2, 0.25) is 0 Å². The molecule has 2 atom stereocenters. The van der Waals surface area contributed by atoms with E-state index in [9.17, 15) is 9.50 Å². The molecule has 0 amide bonds. The summed E-state index contributed by atoms with van der Waals surface area (Å²) in [4.78, 5) is 2.08. The molecule has 0 aromatic heterocycles. The van der Waals surface area contributed by atoms with Gasteiger partial charge in [0, 0.05) is 25.6 Å². The second-order valence-corrected chi connectivity index (χ2v) is 6.23. The van der Waals surface area contributed by atoms with E-state index < -0.39 is 5.60 Å². The number of piperidine rings is 1. The molecule has 20 heavy (non-hydrogen) atoms. The van der Waals surface area contributed by atoms with Crippen molar-refractivity contribution in [3.63, 3.8) is 0 Å². The van der Waals surface area contributed by atoms with Crippen LogP contribution in [0.3, 0.4) is 0 Å². The Morgan fingerprint density at radius 2 is 2.20 bits per heavy atom. The van der Waals surface area contributed by atoms with Gasteiger partial charge in [-0.3, -0.25) is 0 Å². The standard InChI is InChI=1S/C16H23FN2O/c17-14-9-12(10-18)4-5-15(14)19-8-7-16(20)6-2-1-3-13(16)11-19/h4-5,9,13,20H,1-3,6-8,10-11,18H2. The zero-order valence-electron chi connectivity index (χ0n) is 11.8. The average Bonchev–Trinajstić information content (AvgIpc) is 2.46. The van der Waals surface area contributed by atoms with Gasteiger partial charge in [0.15, 0.2) is 0 Å². The topological polar surface area (TPSA) is 49.5 Å². The summed E-state index contributed by atoms with van der Waals surface area (Å²) in [7, 11) is 0. The number of aliphatic hydroxyl groups is 1. The normalized spacial score (nSPS) is 30.1. The maximum Gasteiger partial charge on any atom is 0.146 e. The molecular weight excluding hydrogens is 255 g/mol. The lowest BCUT2D eigenvalue weighted by atomic mass is 9.71. The Balaban J connectivity index is 1.79. The van der Waals surface area contributed by atoms with Gasteiger partial charge in [-0.25, -0.2) is 4.39 Å². The third-order valence-corrected chi connectivity index (χ3v) is 5.02. The molecule has 2 fully saturated rings. The molecule has 3 N–H and O–H groups in total. The Bertz CT molecular complexity index is 493. The largest absolute Gasteiger partial charge is 0.389 e. The smallest absolute Gasteiger partial charge is 0.146 e. The van der Waals surface area contributed by atoms with Crippen LogP contribution < -0.4 is 10.6 Å². The van der Waals surface area contributed by atoms with Gasteiger partial charge in [-0.05, 0) is 37.0 Å². The van der Waals surface area contributed by atoms with E-state index >= 15 is 0 Å². The molecule has 3 rings (SSSR count). The fourth-order valence-electron chi connectivity index (χ4n) is 3.72. The minimum atomic E-state index is -0.511. The van der Waals surface area contributed by atoms with E-state index in [1.807, 2.05) is 12.1 Å². The maximum absolute atomic E-state index is 14.2. The van der Waals surface area contributed by atoms with Gasteiger partial charge in [0.05, 0.1) is 11.3 Å². The van der Waals surface area contributed by atoms with Crippen molar-refractivity contribution >= 4 is 5.69 Å². The van der Waals surface area contributed by atoms with Crippen molar-refractivity contribution in [2.24, 2.45) is 11.7 Å². The summed E-state index contributed by atoms with van der Waals surface area (Å²) in [6, 6.07) is 5.24. The maximum atomic E-state index is 14.2. The van der Waals surface area contributed by atoms with Crippen LogP contribution in [0.5, 0.6) is 0 Å². The number of fused-ring (bicyclic) bond motifs is 1. The van der Waals surface area contributed by atoms with Crippen LogP contribution in [-0.4, -0.2) is 23.8 Å². The highest BCUT2D eigenvalue weighted by Crippen LogP contribution is 2.41.